The summed E-state index contributed by atoms with van der Waals surface area (Å²) in [7, 11) is 0. The van der Waals surface area contributed by atoms with Crippen LogP contribution in [0.4, 0.5) is 4.39 Å². The molecule has 0 spiro atoms. The van der Waals surface area contributed by atoms with Crippen LogP contribution in [0.15, 0.2) is 54.6 Å². The van der Waals surface area contributed by atoms with Crippen molar-refractivity contribution >= 4 is 16.8 Å². The summed E-state index contributed by atoms with van der Waals surface area (Å²) in [5.74, 6) is -0.404. The fourth-order valence-electron chi connectivity index (χ4n) is 3.68. The number of amides is 1. The van der Waals surface area contributed by atoms with Crippen molar-refractivity contribution in [2.45, 2.75) is 6.42 Å². The van der Waals surface area contributed by atoms with Crippen LogP contribution >= 0.6 is 0 Å². The highest BCUT2D eigenvalue weighted by Gasteiger charge is 2.15. The number of para-hydroxylation sites is 1. The number of nitrogens with one attached hydrogen (secondary N) is 2. The number of pyridine rings is 1. The molecule has 4 rings (SSSR count). The van der Waals surface area contributed by atoms with Gasteiger partial charge in [-0.15, -0.1) is 0 Å². The Hall–Kier alpha value is -2.83. The summed E-state index contributed by atoms with van der Waals surface area (Å²) in [5, 5.41) is 3.86. The van der Waals surface area contributed by atoms with Gasteiger partial charge in [0.1, 0.15) is 18.9 Å². The molecule has 0 saturated carbocycles. The molecule has 6 heteroatoms. The van der Waals surface area contributed by atoms with E-state index >= 15 is 0 Å². The predicted octanol–water partition coefficient (Wildman–Crippen LogP) is 2.08. The summed E-state index contributed by atoms with van der Waals surface area (Å²) in [6, 6.07) is 15.6. The smallest absolute Gasteiger partial charge is 0.252 e. The van der Waals surface area contributed by atoms with E-state index in [4.69, 9.17) is 4.74 Å². The Kier molecular flexibility index (Phi) is 6.12. The summed E-state index contributed by atoms with van der Waals surface area (Å²) in [4.78, 5) is 19.1. The highest BCUT2D eigenvalue weighted by molar-refractivity contribution is 6.07. The number of rotatable bonds is 6. The van der Waals surface area contributed by atoms with Crippen molar-refractivity contribution in [2.75, 3.05) is 39.4 Å². The lowest BCUT2D eigenvalue weighted by Gasteiger charge is -2.23. The molecule has 2 aromatic carbocycles. The molecule has 1 aromatic heterocycles. The number of halogens is 1. The molecule has 29 heavy (non-hydrogen) atoms. The topological polar surface area (TPSA) is 55.7 Å². The molecule has 150 valence electrons. The van der Waals surface area contributed by atoms with Gasteiger partial charge >= 0.3 is 0 Å². The number of aromatic nitrogens is 1. The minimum absolute atomic E-state index is 0.107. The maximum atomic E-state index is 13.3. The lowest BCUT2D eigenvalue weighted by molar-refractivity contribution is -0.908. The Morgan fingerprint density at radius 1 is 1.10 bits per heavy atom. The quantitative estimate of drug-likeness (QED) is 0.630. The van der Waals surface area contributed by atoms with Crippen LogP contribution in [-0.2, 0) is 4.74 Å². The molecule has 0 unspecified atom stereocenters. The third-order valence-corrected chi connectivity index (χ3v) is 5.29. The first kappa shape index (κ1) is 19.5. The van der Waals surface area contributed by atoms with Crippen molar-refractivity contribution in [3.63, 3.8) is 0 Å². The molecular formula is C23H25FN3O2+. The minimum Gasteiger partial charge on any atom is -0.370 e. The van der Waals surface area contributed by atoms with Crippen LogP contribution in [0.2, 0.25) is 0 Å². The third kappa shape index (κ3) is 4.78. The molecular weight excluding hydrogens is 369 g/mol. The first-order valence-electron chi connectivity index (χ1n) is 10.1. The van der Waals surface area contributed by atoms with Crippen LogP contribution in [0.3, 0.4) is 0 Å². The zero-order valence-corrected chi connectivity index (χ0v) is 16.3. The van der Waals surface area contributed by atoms with E-state index in [-0.39, 0.29) is 11.7 Å². The van der Waals surface area contributed by atoms with Gasteiger partial charge in [-0.1, -0.05) is 18.2 Å². The Bertz CT molecular complexity index is 985. The van der Waals surface area contributed by atoms with Crippen molar-refractivity contribution < 1.29 is 18.8 Å². The molecule has 2 N–H and O–H groups in total. The number of hydrogen-bond acceptors (Lipinski definition) is 3. The highest BCUT2D eigenvalue weighted by Crippen LogP contribution is 2.25. The largest absolute Gasteiger partial charge is 0.370 e. The number of carbonyl (C=O) groups excluding carboxylic acids is 1. The maximum Gasteiger partial charge on any atom is 0.252 e. The molecule has 1 aliphatic heterocycles. The Labute approximate surface area is 169 Å². The van der Waals surface area contributed by atoms with E-state index in [1.165, 1.54) is 17.0 Å². The molecule has 2 heterocycles. The first-order chi connectivity index (χ1) is 14.2. The Balaban J connectivity index is 1.50. The fraction of sp³-hybridized carbons (Fsp3) is 0.304. The van der Waals surface area contributed by atoms with Gasteiger partial charge in [-0.2, -0.15) is 0 Å². The summed E-state index contributed by atoms with van der Waals surface area (Å²) < 4.78 is 18.7. The van der Waals surface area contributed by atoms with Crippen molar-refractivity contribution in [3.8, 4) is 11.3 Å². The summed E-state index contributed by atoms with van der Waals surface area (Å²) in [5.41, 5.74) is 2.78. The lowest BCUT2D eigenvalue weighted by atomic mass is 10.0. The van der Waals surface area contributed by atoms with Crippen LogP contribution in [0.5, 0.6) is 0 Å². The van der Waals surface area contributed by atoms with E-state index in [1.807, 2.05) is 24.3 Å². The van der Waals surface area contributed by atoms with E-state index in [1.54, 1.807) is 18.2 Å². The van der Waals surface area contributed by atoms with Gasteiger partial charge in [0, 0.05) is 23.9 Å². The highest BCUT2D eigenvalue weighted by atomic mass is 19.1. The Morgan fingerprint density at radius 3 is 2.66 bits per heavy atom. The number of nitrogens with zero attached hydrogens (tertiary/aromatic N) is 1. The van der Waals surface area contributed by atoms with Crippen molar-refractivity contribution in [1.29, 1.82) is 0 Å². The molecule has 1 saturated heterocycles. The number of hydrogen-bond donors (Lipinski definition) is 2. The van der Waals surface area contributed by atoms with E-state index < -0.39 is 0 Å². The zero-order valence-electron chi connectivity index (χ0n) is 16.3. The average molecular weight is 394 g/mol. The summed E-state index contributed by atoms with van der Waals surface area (Å²) in [6.45, 7) is 5.36. The minimum atomic E-state index is -0.296. The van der Waals surface area contributed by atoms with Gasteiger partial charge in [0.05, 0.1) is 36.5 Å². The predicted molar refractivity (Wildman–Crippen MR) is 110 cm³/mol. The van der Waals surface area contributed by atoms with Gasteiger partial charge in [0.15, 0.2) is 0 Å². The van der Waals surface area contributed by atoms with Crippen LogP contribution in [0, 0.1) is 5.82 Å². The average Bonchev–Trinajstić information content (AvgIpc) is 2.77. The Morgan fingerprint density at radius 2 is 1.86 bits per heavy atom. The van der Waals surface area contributed by atoms with Crippen molar-refractivity contribution in [3.05, 3.63) is 66.0 Å². The van der Waals surface area contributed by atoms with Crippen LogP contribution in [0.1, 0.15) is 16.8 Å². The summed E-state index contributed by atoms with van der Waals surface area (Å²) in [6.07, 6.45) is 0.926. The van der Waals surface area contributed by atoms with Crippen LogP contribution in [0.25, 0.3) is 22.2 Å². The summed E-state index contributed by atoms with van der Waals surface area (Å²) >= 11 is 0. The normalized spacial score (nSPS) is 14.8. The number of quaternary nitrogens is 1. The molecule has 0 bridgehead atoms. The second-order valence-electron chi connectivity index (χ2n) is 7.30. The standard InChI is InChI=1S/C23H24FN3O2/c24-18-8-6-17(7-9-18)22-16-20(19-4-1-2-5-21(19)26-22)23(28)25-10-3-11-27-12-14-29-15-13-27/h1-2,4-9,16H,3,10-15H2,(H,25,28)/p+1. The van der Waals surface area contributed by atoms with Gasteiger partial charge < -0.3 is 15.0 Å². The van der Waals surface area contributed by atoms with Crippen molar-refractivity contribution in [1.82, 2.24) is 10.3 Å². The molecule has 3 aromatic rings. The molecule has 1 aliphatic rings. The SMILES string of the molecule is O=C(NCCC[NH+]1CCOCC1)c1cc(-c2ccc(F)cc2)nc2ccccc12. The zero-order chi connectivity index (χ0) is 20.1. The molecule has 1 fully saturated rings. The van der Waals surface area contributed by atoms with Gasteiger partial charge in [0.25, 0.3) is 5.91 Å². The van der Waals surface area contributed by atoms with Gasteiger partial charge in [0.2, 0.25) is 0 Å². The first-order valence-corrected chi connectivity index (χ1v) is 10.1. The second kappa shape index (κ2) is 9.11. The molecule has 5 nitrogen and oxygen atoms in total. The number of fused-ring (bicyclic) bond motifs is 1. The molecule has 1 amide bonds. The fourth-order valence-corrected chi connectivity index (χ4v) is 3.68. The third-order valence-electron chi connectivity index (χ3n) is 5.29. The number of ether oxygens (including phenoxy) is 1. The van der Waals surface area contributed by atoms with E-state index in [9.17, 15) is 9.18 Å². The molecule has 0 radical (unpaired) electrons. The van der Waals surface area contributed by atoms with Crippen molar-refractivity contribution in [2.24, 2.45) is 0 Å². The van der Waals surface area contributed by atoms with Crippen LogP contribution in [-0.4, -0.2) is 50.3 Å². The number of morpholine rings is 1. The van der Waals surface area contributed by atoms with Gasteiger partial charge in [-0.05, 0) is 36.4 Å². The maximum absolute atomic E-state index is 13.3. The number of carbonyl (C=O) groups is 1. The molecule has 0 atom stereocenters. The van der Waals surface area contributed by atoms with E-state index in [0.29, 0.717) is 17.8 Å². The van der Waals surface area contributed by atoms with E-state index in [2.05, 4.69) is 10.3 Å². The van der Waals surface area contributed by atoms with Gasteiger partial charge in [-0.25, -0.2) is 9.37 Å². The molecule has 0 aliphatic carbocycles. The van der Waals surface area contributed by atoms with Crippen LogP contribution < -0.4 is 10.2 Å². The second-order valence-corrected chi connectivity index (χ2v) is 7.30. The number of benzene rings is 2. The monoisotopic (exact) mass is 394 g/mol. The van der Waals surface area contributed by atoms with Gasteiger partial charge in [-0.3, -0.25) is 4.79 Å². The van der Waals surface area contributed by atoms with E-state index in [0.717, 1.165) is 55.7 Å². The lowest BCUT2D eigenvalue weighted by Crippen LogP contribution is -3.14.